The molecule has 3 rings (SSSR count). The topological polar surface area (TPSA) is 23.5 Å². The van der Waals surface area contributed by atoms with Gasteiger partial charge in [0.2, 0.25) is 0 Å². The van der Waals surface area contributed by atoms with Crippen molar-refractivity contribution >= 4 is 11.6 Å². The number of nitrogens with zero attached hydrogens (tertiary/aromatic N) is 1. The van der Waals surface area contributed by atoms with Gasteiger partial charge in [-0.25, -0.2) is 0 Å². The van der Waals surface area contributed by atoms with Crippen LogP contribution in [0, 0.1) is 5.41 Å². The summed E-state index contributed by atoms with van der Waals surface area (Å²) in [7, 11) is 0. The Balaban J connectivity index is 1.71. The Kier molecular flexibility index (Phi) is 4.30. The number of benzene rings is 1. The molecule has 0 unspecified atom stereocenters. The predicted octanol–water partition coefficient (Wildman–Crippen LogP) is 4.46. The molecule has 2 aliphatic heterocycles. The second-order valence-electron chi connectivity index (χ2n) is 8.18. The van der Waals surface area contributed by atoms with Crippen LogP contribution in [0.1, 0.15) is 57.9 Å². The van der Waals surface area contributed by atoms with Crippen molar-refractivity contribution in [1.82, 2.24) is 4.90 Å². The van der Waals surface area contributed by atoms with Crippen molar-refractivity contribution in [3.8, 4) is 0 Å². The van der Waals surface area contributed by atoms with Crippen LogP contribution in [-0.4, -0.2) is 34.7 Å². The van der Waals surface area contributed by atoms with E-state index in [1.807, 2.05) is 12.1 Å². The van der Waals surface area contributed by atoms with Gasteiger partial charge in [0, 0.05) is 24.2 Å². The van der Waals surface area contributed by atoms with E-state index in [-0.39, 0.29) is 5.41 Å². The summed E-state index contributed by atoms with van der Waals surface area (Å²) in [6.45, 7) is 8.57. The molecule has 3 atom stereocenters. The van der Waals surface area contributed by atoms with Gasteiger partial charge in [-0.2, -0.15) is 0 Å². The molecule has 2 fully saturated rings. The second kappa shape index (κ2) is 5.81. The lowest BCUT2D eigenvalue weighted by Crippen LogP contribution is -2.57. The maximum Gasteiger partial charge on any atom is 0.0722 e. The number of hydrogen-bond donors (Lipinski definition) is 1. The minimum Gasteiger partial charge on any atom is -0.389 e. The van der Waals surface area contributed by atoms with Gasteiger partial charge in [-0.05, 0) is 48.6 Å². The van der Waals surface area contributed by atoms with Gasteiger partial charge in [0.15, 0.2) is 0 Å². The predicted molar refractivity (Wildman–Crippen MR) is 92.4 cm³/mol. The average Bonchev–Trinajstić information content (AvgIpc) is 2.46. The molecule has 0 amide bonds. The number of hydrogen-bond acceptors (Lipinski definition) is 2. The molecule has 1 aromatic rings. The molecule has 0 saturated carbocycles. The summed E-state index contributed by atoms with van der Waals surface area (Å²) in [6, 6.07) is 8.78. The first kappa shape index (κ1) is 16.3. The van der Waals surface area contributed by atoms with Gasteiger partial charge in [0.1, 0.15) is 0 Å². The van der Waals surface area contributed by atoms with Gasteiger partial charge in [0.05, 0.1) is 5.60 Å². The highest BCUT2D eigenvalue weighted by atomic mass is 35.5. The van der Waals surface area contributed by atoms with Gasteiger partial charge in [-0.1, -0.05) is 50.6 Å². The molecule has 2 heterocycles. The zero-order chi connectivity index (χ0) is 16.0. The number of aliphatic hydroxyl groups is 1. The van der Waals surface area contributed by atoms with E-state index in [2.05, 4.69) is 37.8 Å². The molecule has 2 nitrogen and oxygen atoms in total. The van der Waals surface area contributed by atoms with Crippen LogP contribution in [-0.2, 0) is 0 Å². The van der Waals surface area contributed by atoms with Crippen molar-refractivity contribution in [1.29, 1.82) is 0 Å². The van der Waals surface area contributed by atoms with Crippen LogP contribution >= 0.6 is 11.6 Å². The molecule has 22 heavy (non-hydrogen) atoms. The largest absolute Gasteiger partial charge is 0.389 e. The summed E-state index contributed by atoms with van der Waals surface area (Å²) < 4.78 is 0. The molecule has 0 spiro atoms. The Hall–Kier alpha value is -0.570. The van der Waals surface area contributed by atoms with Crippen LogP contribution in [0.15, 0.2) is 24.3 Å². The third kappa shape index (κ3) is 2.93. The van der Waals surface area contributed by atoms with Gasteiger partial charge >= 0.3 is 0 Å². The summed E-state index contributed by atoms with van der Waals surface area (Å²) in [5, 5.41) is 11.9. The van der Waals surface area contributed by atoms with Crippen molar-refractivity contribution in [3.63, 3.8) is 0 Å². The summed E-state index contributed by atoms with van der Waals surface area (Å²) in [6.07, 6.45) is 4.12. The van der Waals surface area contributed by atoms with Crippen LogP contribution < -0.4 is 0 Å². The molecule has 0 aliphatic carbocycles. The highest BCUT2D eigenvalue weighted by Gasteiger charge is 2.47. The van der Waals surface area contributed by atoms with E-state index in [0.717, 1.165) is 37.4 Å². The first-order valence-corrected chi connectivity index (χ1v) is 8.89. The first-order chi connectivity index (χ1) is 10.3. The van der Waals surface area contributed by atoms with E-state index >= 15 is 0 Å². The monoisotopic (exact) mass is 321 g/mol. The van der Waals surface area contributed by atoms with Gasteiger partial charge in [-0.3, -0.25) is 4.90 Å². The summed E-state index contributed by atoms with van der Waals surface area (Å²) in [5.41, 5.74) is 0.726. The van der Waals surface area contributed by atoms with E-state index in [0.29, 0.717) is 12.0 Å². The minimum absolute atomic E-state index is 0.0430. The standard InChI is InChI=1S/C19H28ClNO/c1-18(2,3)19(22)10-11-21-13-14(8-9-15(21)12-19)16-6-4-5-7-17(16)20/h4-7,14-15,22H,8-13H2,1-3H3/t14-,15+,19-/m0/s1. The third-order valence-electron chi connectivity index (χ3n) is 5.95. The average molecular weight is 322 g/mol. The Bertz CT molecular complexity index is 538. The number of piperidine rings is 2. The normalized spacial score (nSPS) is 33.5. The molecule has 122 valence electrons. The molecule has 1 aromatic carbocycles. The SMILES string of the molecule is CC(C)(C)[C@]1(O)CCN2C[C@@H](c3ccccc3Cl)CC[C@@H]2C1. The quantitative estimate of drug-likeness (QED) is 0.825. The first-order valence-electron chi connectivity index (χ1n) is 8.51. The fraction of sp³-hybridized carbons (Fsp3) is 0.684. The lowest BCUT2D eigenvalue weighted by molar-refractivity contribution is -0.122. The van der Waals surface area contributed by atoms with Crippen molar-refractivity contribution in [2.75, 3.05) is 13.1 Å². The van der Waals surface area contributed by atoms with E-state index in [1.54, 1.807) is 0 Å². The molecule has 0 bridgehead atoms. The van der Waals surface area contributed by atoms with Gasteiger partial charge in [-0.15, -0.1) is 0 Å². The van der Waals surface area contributed by atoms with Crippen LogP contribution in [0.3, 0.4) is 0 Å². The Morgan fingerprint density at radius 2 is 1.95 bits per heavy atom. The molecule has 2 aliphatic rings. The van der Waals surface area contributed by atoms with E-state index in [1.165, 1.54) is 12.0 Å². The molecular formula is C19H28ClNO. The van der Waals surface area contributed by atoms with Crippen molar-refractivity contribution in [2.45, 2.75) is 64.0 Å². The Morgan fingerprint density at radius 3 is 2.64 bits per heavy atom. The summed E-state index contributed by atoms with van der Waals surface area (Å²) in [4.78, 5) is 2.58. The zero-order valence-electron chi connectivity index (χ0n) is 14.0. The molecule has 0 radical (unpaired) electrons. The Labute approximate surface area is 139 Å². The fourth-order valence-corrected chi connectivity index (χ4v) is 4.46. The van der Waals surface area contributed by atoms with Crippen molar-refractivity contribution < 1.29 is 5.11 Å². The molecular weight excluding hydrogens is 294 g/mol. The van der Waals surface area contributed by atoms with Crippen LogP contribution in [0.25, 0.3) is 0 Å². The maximum absolute atomic E-state index is 11.0. The molecule has 2 saturated heterocycles. The highest BCUT2D eigenvalue weighted by molar-refractivity contribution is 6.31. The number of halogens is 1. The summed E-state index contributed by atoms with van der Waals surface area (Å²) >= 11 is 6.38. The van der Waals surface area contributed by atoms with Crippen LogP contribution in [0.2, 0.25) is 5.02 Å². The lowest BCUT2D eigenvalue weighted by atomic mass is 9.67. The van der Waals surface area contributed by atoms with E-state index < -0.39 is 5.60 Å². The van der Waals surface area contributed by atoms with Gasteiger partial charge < -0.3 is 5.11 Å². The highest BCUT2D eigenvalue weighted by Crippen LogP contribution is 2.45. The van der Waals surface area contributed by atoms with Gasteiger partial charge in [0.25, 0.3) is 0 Å². The smallest absolute Gasteiger partial charge is 0.0722 e. The zero-order valence-corrected chi connectivity index (χ0v) is 14.7. The minimum atomic E-state index is -0.522. The summed E-state index contributed by atoms with van der Waals surface area (Å²) in [5.74, 6) is 0.533. The van der Waals surface area contributed by atoms with E-state index in [9.17, 15) is 5.11 Å². The maximum atomic E-state index is 11.0. The molecule has 3 heteroatoms. The fourth-order valence-electron chi connectivity index (χ4n) is 4.17. The molecule has 0 aromatic heterocycles. The third-order valence-corrected chi connectivity index (χ3v) is 6.29. The second-order valence-corrected chi connectivity index (χ2v) is 8.59. The number of fused-ring (bicyclic) bond motifs is 1. The lowest BCUT2D eigenvalue weighted by Gasteiger charge is -2.52. The van der Waals surface area contributed by atoms with Crippen LogP contribution in [0.4, 0.5) is 0 Å². The van der Waals surface area contributed by atoms with Crippen molar-refractivity contribution in [2.24, 2.45) is 5.41 Å². The molecule has 1 N–H and O–H groups in total. The van der Waals surface area contributed by atoms with Crippen molar-refractivity contribution in [3.05, 3.63) is 34.9 Å². The van der Waals surface area contributed by atoms with E-state index in [4.69, 9.17) is 11.6 Å². The Morgan fingerprint density at radius 1 is 1.23 bits per heavy atom. The number of rotatable bonds is 1. The van der Waals surface area contributed by atoms with Crippen LogP contribution in [0.5, 0.6) is 0 Å².